The van der Waals surface area contributed by atoms with Crippen LogP contribution in [0.25, 0.3) is 11.2 Å². The van der Waals surface area contributed by atoms with Gasteiger partial charge in [-0.05, 0) is 19.1 Å². The summed E-state index contributed by atoms with van der Waals surface area (Å²) in [5.41, 5.74) is 2.56. The van der Waals surface area contributed by atoms with E-state index in [1.54, 1.807) is 11.8 Å². The predicted octanol–water partition coefficient (Wildman–Crippen LogP) is 2.84. The molecule has 0 fully saturated rings. The third-order valence-electron chi connectivity index (χ3n) is 2.72. The minimum atomic E-state index is -0.844. The van der Waals surface area contributed by atoms with Crippen molar-refractivity contribution in [2.24, 2.45) is 0 Å². The summed E-state index contributed by atoms with van der Waals surface area (Å²) in [4.78, 5) is 19.8. The number of carboxylic acid groups (broad SMARTS) is 1. The molecule has 2 heterocycles. The minimum absolute atomic E-state index is 0.00209. The van der Waals surface area contributed by atoms with Gasteiger partial charge in [0.25, 0.3) is 0 Å². The van der Waals surface area contributed by atoms with E-state index in [0.717, 1.165) is 34.9 Å². The number of aryl methyl sites for hydroxylation is 2. The summed E-state index contributed by atoms with van der Waals surface area (Å²) in [5, 5.41) is 9.55. The van der Waals surface area contributed by atoms with Crippen molar-refractivity contribution < 1.29 is 9.90 Å². The SMILES string of the molecule is C=CCSCCn1c(SCC(=O)O)nc2ccc(C)nc21. The van der Waals surface area contributed by atoms with Gasteiger partial charge in [0.05, 0.1) is 5.75 Å². The van der Waals surface area contributed by atoms with Crippen molar-refractivity contribution >= 4 is 40.7 Å². The maximum Gasteiger partial charge on any atom is 0.313 e. The summed E-state index contributed by atoms with van der Waals surface area (Å²) in [6, 6.07) is 3.84. The lowest BCUT2D eigenvalue weighted by atomic mass is 10.3. The van der Waals surface area contributed by atoms with E-state index < -0.39 is 5.97 Å². The number of nitrogens with zero attached hydrogens (tertiary/aromatic N) is 3. The van der Waals surface area contributed by atoms with E-state index in [1.807, 2.05) is 29.7 Å². The number of hydrogen-bond donors (Lipinski definition) is 1. The van der Waals surface area contributed by atoms with Crippen LogP contribution < -0.4 is 0 Å². The van der Waals surface area contributed by atoms with Gasteiger partial charge in [-0.2, -0.15) is 11.8 Å². The molecule has 1 N–H and O–H groups in total. The van der Waals surface area contributed by atoms with E-state index >= 15 is 0 Å². The van der Waals surface area contributed by atoms with Crippen LogP contribution in [0.2, 0.25) is 0 Å². The lowest BCUT2D eigenvalue weighted by Crippen LogP contribution is -2.06. The molecular formula is C14H17N3O2S2. The van der Waals surface area contributed by atoms with Crippen molar-refractivity contribution in [1.29, 1.82) is 0 Å². The number of pyridine rings is 1. The molecule has 0 radical (unpaired) electrons. The molecular weight excluding hydrogens is 306 g/mol. The molecule has 0 bridgehead atoms. The van der Waals surface area contributed by atoms with Crippen molar-refractivity contribution in [3.8, 4) is 0 Å². The minimum Gasteiger partial charge on any atom is -0.481 e. The van der Waals surface area contributed by atoms with Crippen molar-refractivity contribution in [3.05, 3.63) is 30.5 Å². The zero-order chi connectivity index (χ0) is 15.2. The van der Waals surface area contributed by atoms with E-state index in [9.17, 15) is 4.79 Å². The van der Waals surface area contributed by atoms with Crippen LogP contribution in [0.5, 0.6) is 0 Å². The Hall–Kier alpha value is -1.47. The molecule has 112 valence electrons. The van der Waals surface area contributed by atoms with Crippen LogP contribution in [0.3, 0.4) is 0 Å². The van der Waals surface area contributed by atoms with Gasteiger partial charge in [-0.3, -0.25) is 4.79 Å². The zero-order valence-electron chi connectivity index (χ0n) is 11.8. The lowest BCUT2D eigenvalue weighted by molar-refractivity contribution is -0.133. The number of rotatable bonds is 8. The quantitative estimate of drug-likeness (QED) is 0.458. The number of carboxylic acids is 1. The number of carbonyl (C=O) groups is 1. The molecule has 2 rings (SSSR count). The van der Waals surface area contributed by atoms with Crippen LogP contribution in [-0.4, -0.2) is 42.9 Å². The molecule has 0 aliphatic rings. The van der Waals surface area contributed by atoms with Crippen LogP contribution in [0.4, 0.5) is 0 Å². The molecule has 0 amide bonds. The largest absolute Gasteiger partial charge is 0.481 e. The van der Waals surface area contributed by atoms with Gasteiger partial charge in [-0.25, -0.2) is 9.97 Å². The number of aliphatic carboxylic acids is 1. The summed E-state index contributed by atoms with van der Waals surface area (Å²) in [5.74, 6) is 0.968. The molecule has 0 saturated heterocycles. The second-order valence-corrected chi connectivity index (χ2v) is 6.48. The molecule has 0 spiro atoms. The molecule has 5 nitrogen and oxygen atoms in total. The Bertz CT molecular complexity index is 655. The third-order valence-corrected chi connectivity index (χ3v) is 4.62. The first-order chi connectivity index (χ1) is 10.1. The zero-order valence-corrected chi connectivity index (χ0v) is 13.4. The van der Waals surface area contributed by atoms with E-state index in [0.29, 0.717) is 5.16 Å². The van der Waals surface area contributed by atoms with Crippen molar-refractivity contribution in [3.63, 3.8) is 0 Å². The molecule has 21 heavy (non-hydrogen) atoms. The number of aromatic nitrogens is 3. The fourth-order valence-electron chi connectivity index (χ4n) is 1.84. The smallest absolute Gasteiger partial charge is 0.313 e. The van der Waals surface area contributed by atoms with E-state index in [4.69, 9.17) is 5.11 Å². The highest BCUT2D eigenvalue weighted by molar-refractivity contribution is 8.00. The third kappa shape index (κ3) is 4.25. The number of thioether (sulfide) groups is 2. The molecule has 7 heteroatoms. The van der Waals surface area contributed by atoms with Crippen LogP contribution in [0, 0.1) is 6.92 Å². The topological polar surface area (TPSA) is 68.0 Å². The van der Waals surface area contributed by atoms with Gasteiger partial charge in [0, 0.05) is 23.7 Å². The van der Waals surface area contributed by atoms with Crippen LogP contribution in [0.15, 0.2) is 29.9 Å². The second kappa shape index (κ2) is 7.51. The molecule has 2 aromatic heterocycles. The number of fused-ring (bicyclic) bond motifs is 1. The first kappa shape index (κ1) is 15.9. The molecule has 0 unspecified atom stereocenters. The van der Waals surface area contributed by atoms with Gasteiger partial charge in [0.15, 0.2) is 10.8 Å². The first-order valence-corrected chi connectivity index (χ1v) is 8.63. The van der Waals surface area contributed by atoms with Crippen molar-refractivity contribution in [2.45, 2.75) is 18.6 Å². The van der Waals surface area contributed by atoms with Crippen molar-refractivity contribution in [2.75, 3.05) is 17.3 Å². The van der Waals surface area contributed by atoms with E-state index in [1.165, 1.54) is 11.8 Å². The van der Waals surface area contributed by atoms with Gasteiger partial charge in [-0.15, -0.1) is 6.58 Å². The molecule has 0 aromatic carbocycles. The standard InChI is InChI=1S/C14H17N3O2S2/c1-3-7-20-8-6-17-13-11(5-4-10(2)15-13)16-14(17)21-9-12(18)19/h3-5H,1,6-9H2,2H3,(H,18,19). The molecule has 2 aromatic rings. The van der Waals surface area contributed by atoms with Gasteiger partial charge in [0.1, 0.15) is 5.52 Å². The Balaban J connectivity index is 2.26. The summed E-state index contributed by atoms with van der Waals surface area (Å²) >= 11 is 3.01. The molecule has 0 atom stereocenters. The summed E-state index contributed by atoms with van der Waals surface area (Å²) < 4.78 is 2.01. The van der Waals surface area contributed by atoms with Crippen LogP contribution in [-0.2, 0) is 11.3 Å². The summed E-state index contributed by atoms with van der Waals surface area (Å²) in [6.45, 7) is 6.40. The Labute approximate surface area is 131 Å². The highest BCUT2D eigenvalue weighted by Crippen LogP contribution is 2.23. The fraction of sp³-hybridized carbons (Fsp3) is 0.357. The number of hydrogen-bond acceptors (Lipinski definition) is 5. The molecule has 0 saturated carbocycles. The number of imidazole rings is 1. The predicted molar refractivity (Wildman–Crippen MR) is 88.1 cm³/mol. The van der Waals surface area contributed by atoms with Crippen LogP contribution in [0.1, 0.15) is 5.69 Å². The van der Waals surface area contributed by atoms with Gasteiger partial charge >= 0.3 is 5.97 Å². The Morgan fingerprint density at radius 3 is 3.00 bits per heavy atom. The monoisotopic (exact) mass is 323 g/mol. The second-order valence-electron chi connectivity index (χ2n) is 4.39. The Kier molecular flexibility index (Phi) is 5.69. The van der Waals surface area contributed by atoms with E-state index in [2.05, 4.69) is 16.5 Å². The van der Waals surface area contributed by atoms with E-state index in [-0.39, 0.29) is 5.75 Å². The first-order valence-electron chi connectivity index (χ1n) is 6.49. The highest BCUT2D eigenvalue weighted by Gasteiger charge is 2.13. The average molecular weight is 323 g/mol. The fourth-order valence-corrected chi connectivity index (χ4v) is 3.23. The van der Waals surface area contributed by atoms with Gasteiger partial charge in [-0.1, -0.05) is 17.8 Å². The maximum atomic E-state index is 10.8. The van der Waals surface area contributed by atoms with Gasteiger partial charge < -0.3 is 9.67 Å². The van der Waals surface area contributed by atoms with Crippen molar-refractivity contribution in [1.82, 2.24) is 14.5 Å². The highest BCUT2D eigenvalue weighted by atomic mass is 32.2. The average Bonchev–Trinajstić information content (AvgIpc) is 2.78. The summed E-state index contributed by atoms with van der Waals surface area (Å²) in [7, 11) is 0. The molecule has 0 aliphatic heterocycles. The Morgan fingerprint density at radius 2 is 2.29 bits per heavy atom. The maximum absolute atomic E-state index is 10.8. The normalized spacial score (nSPS) is 10.9. The van der Waals surface area contributed by atoms with Crippen LogP contribution >= 0.6 is 23.5 Å². The molecule has 0 aliphatic carbocycles. The lowest BCUT2D eigenvalue weighted by Gasteiger charge is -2.07. The van der Waals surface area contributed by atoms with Gasteiger partial charge in [0.2, 0.25) is 0 Å². The summed E-state index contributed by atoms with van der Waals surface area (Å²) in [6.07, 6.45) is 1.87. The Morgan fingerprint density at radius 1 is 1.48 bits per heavy atom.